The van der Waals surface area contributed by atoms with Crippen molar-refractivity contribution in [1.29, 1.82) is 0 Å². The molecule has 0 amide bonds. The third kappa shape index (κ3) is 3.93. The van der Waals surface area contributed by atoms with Gasteiger partial charge in [-0.2, -0.15) is 0 Å². The standard InChI is InChI=1S/C14H19Br2N3S/c1-3-6-19-7-5-18-13(19)9-11(17-4-2)12-8-10(15)14(16)20-12/h5,7-8,11,17H,3-4,6,9H2,1-2H3. The van der Waals surface area contributed by atoms with Gasteiger partial charge in [0.2, 0.25) is 0 Å². The van der Waals surface area contributed by atoms with Gasteiger partial charge in [-0.05, 0) is 50.9 Å². The highest BCUT2D eigenvalue weighted by molar-refractivity contribution is 9.13. The summed E-state index contributed by atoms with van der Waals surface area (Å²) < 4.78 is 4.52. The lowest BCUT2D eigenvalue weighted by atomic mass is 10.1. The van der Waals surface area contributed by atoms with Gasteiger partial charge in [-0.15, -0.1) is 11.3 Å². The Morgan fingerprint density at radius 2 is 2.20 bits per heavy atom. The van der Waals surface area contributed by atoms with E-state index in [0.717, 1.165) is 40.0 Å². The first-order valence-electron chi connectivity index (χ1n) is 6.83. The van der Waals surface area contributed by atoms with Crippen LogP contribution >= 0.6 is 43.2 Å². The predicted molar refractivity (Wildman–Crippen MR) is 92.4 cm³/mol. The van der Waals surface area contributed by atoms with E-state index in [1.54, 1.807) is 11.3 Å². The quantitative estimate of drug-likeness (QED) is 0.698. The van der Waals surface area contributed by atoms with Crippen molar-refractivity contribution in [2.75, 3.05) is 6.54 Å². The molecule has 0 aliphatic heterocycles. The number of rotatable bonds is 7. The maximum atomic E-state index is 4.52. The molecule has 0 aromatic carbocycles. The van der Waals surface area contributed by atoms with Crippen LogP contribution in [0.25, 0.3) is 0 Å². The van der Waals surface area contributed by atoms with E-state index >= 15 is 0 Å². The number of nitrogens with zero attached hydrogens (tertiary/aromatic N) is 2. The minimum absolute atomic E-state index is 0.311. The van der Waals surface area contributed by atoms with Crippen molar-refractivity contribution >= 4 is 43.2 Å². The van der Waals surface area contributed by atoms with E-state index in [1.165, 1.54) is 4.88 Å². The molecule has 2 rings (SSSR count). The van der Waals surface area contributed by atoms with Crippen molar-refractivity contribution in [2.24, 2.45) is 0 Å². The van der Waals surface area contributed by atoms with Crippen LogP contribution in [0.5, 0.6) is 0 Å². The zero-order chi connectivity index (χ0) is 14.5. The van der Waals surface area contributed by atoms with Crippen molar-refractivity contribution in [3.63, 3.8) is 0 Å². The molecule has 1 N–H and O–H groups in total. The first-order chi connectivity index (χ1) is 9.65. The second kappa shape index (κ2) is 7.73. The molecule has 3 nitrogen and oxygen atoms in total. The summed E-state index contributed by atoms with van der Waals surface area (Å²) in [6.07, 6.45) is 6.02. The summed E-state index contributed by atoms with van der Waals surface area (Å²) in [7, 11) is 0. The number of aryl methyl sites for hydroxylation is 1. The van der Waals surface area contributed by atoms with Crippen LogP contribution in [0.2, 0.25) is 0 Å². The summed E-state index contributed by atoms with van der Waals surface area (Å²) in [5.74, 6) is 1.15. The van der Waals surface area contributed by atoms with E-state index in [9.17, 15) is 0 Å². The van der Waals surface area contributed by atoms with Gasteiger partial charge in [-0.25, -0.2) is 4.98 Å². The molecule has 110 valence electrons. The SMILES string of the molecule is CCCn1ccnc1CC(NCC)c1cc(Br)c(Br)s1. The van der Waals surface area contributed by atoms with Crippen LogP contribution in [0.15, 0.2) is 26.7 Å². The van der Waals surface area contributed by atoms with E-state index in [0.29, 0.717) is 6.04 Å². The average Bonchev–Trinajstić information content (AvgIpc) is 2.98. The van der Waals surface area contributed by atoms with Crippen molar-refractivity contribution in [3.05, 3.63) is 37.4 Å². The highest BCUT2D eigenvalue weighted by Crippen LogP contribution is 2.36. The number of aromatic nitrogens is 2. The molecule has 0 spiro atoms. The molecule has 1 atom stereocenters. The average molecular weight is 421 g/mol. The second-order valence-electron chi connectivity index (χ2n) is 4.62. The number of nitrogens with one attached hydrogen (secondary N) is 1. The molecule has 0 aliphatic carbocycles. The molecule has 2 aromatic heterocycles. The van der Waals surface area contributed by atoms with E-state index in [4.69, 9.17) is 0 Å². The molecule has 0 saturated carbocycles. The zero-order valence-electron chi connectivity index (χ0n) is 11.7. The minimum atomic E-state index is 0.311. The van der Waals surface area contributed by atoms with Crippen molar-refractivity contribution in [1.82, 2.24) is 14.9 Å². The van der Waals surface area contributed by atoms with Crippen molar-refractivity contribution in [3.8, 4) is 0 Å². The van der Waals surface area contributed by atoms with Crippen LogP contribution in [-0.2, 0) is 13.0 Å². The Balaban J connectivity index is 2.18. The topological polar surface area (TPSA) is 29.9 Å². The van der Waals surface area contributed by atoms with E-state index in [-0.39, 0.29) is 0 Å². The van der Waals surface area contributed by atoms with Gasteiger partial charge in [0.15, 0.2) is 0 Å². The van der Waals surface area contributed by atoms with E-state index in [2.05, 4.69) is 72.8 Å². The monoisotopic (exact) mass is 419 g/mol. The summed E-state index contributed by atoms with van der Waals surface area (Å²) in [6.45, 7) is 6.32. The van der Waals surface area contributed by atoms with Gasteiger partial charge >= 0.3 is 0 Å². The molecule has 0 bridgehead atoms. The Morgan fingerprint density at radius 3 is 2.80 bits per heavy atom. The van der Waals surface area contributed by atoms with Gasteiger partial charge in [0, 0.05) is 40.8 Å². The maximum absolute atomic E-state index is 4.52. The maximum Gasteiger partial charge on any atom is 0.110 e. The molecule has 0 radical (unpaired) electrons. The van der Waals surface area contributed by atoms with Crippen LogP contribution < -0.4 is 5.32 Å². The highest BCUT2D eigenvalue weighted by Gasteiger charge is 2.17. The largest absolute Gasteiger partial charge is 0.335 e. The molecule has 0 aliphatic rings. The predicted octanol–water partition coefficient (Wildman–Crippen LogP) is 4.77. The molecule has 2 aromatic rings. The Labute approximate surface area is 141 Å². The summed E-state index contributed by atoms with van der Waals surface area (Å²) in [4.78, 5) is 5.85. The molecule has 6 heteroatoms. The number of hydrogen-bond donors (Lipinski definition) is 1. The fourth-order valence-corrected chi connectivity index (χ4v) is 4.38. The Bertz CT molecular complexity index is 531. The minimum Gasteiger partial charge on any atom is -0.335 e. The first-order valence-corrected chi connectivity index (χ1v) is 9.24. The molecule has 0 fully saturated rings. The molecule has 20 heavy (non-hydrogen) atoms. The summed E-state index contributed by atoms with van der Waals surface area (Å²) >= 11 is 8.92. The smallest absolute Gasteiger partial charge is 0.110 e. The van der Waals surface area contributed by atoms with Gasteiger partial charge in [0.25, 0.3) is 0 Å². The van der Waals surface area contributed by atoms with E-state index in [1.807, 2.05) is 6.20 Å². The van der Waals surface area contributed by atoms with Gasteiger partial charge < -0.3 is 9.88 Å². The third-order valence-electron chi connectivity index (χ3n) is 3.11. The summed E-state index contributed by atoms with van der Waals surface area (Å²) in [5, 5.41) is 3.56. The van der Waals surface area contributed by atoms with Crippen LogP contribution in [0.4, 0.5) is 0 Å². The Kier molecular flexibility index (Phi) is 6.26. The molecular formula is C14H19Br2N3S. The lowest BCUT2D eigenvalue weighted by Gasteiger charge is -2.17. The van der Waals surface area contributed by atoms with Gasteiger partial charge in [0.05, 0.1) is 3.79 Å². The lowest BCUT2D eigenvalue weighted by molar-refractivity contribution is 0.522. The number of halogens is 2. The van der Waals surface area contributed by atoms with Gasteiger partial charge in [-0.3, -0.25) is 0 Å². The van der Waals surface area contributed by atoms with Gasteiger partial charge in [0.1, 0.15) is 5.82 Å². The summed E-state index contributed by atoms with van der Waals surface area (Å²) in [5.41, 5.74) is 0. The lowest BCUT2D eigenvalue weighted by Crippen LogP contribution is -2.23. The van der Waals surface area contributed by atoms with E-state index < -0.39 is 0 Å². The van der Waals surface area contributed by atoms with Crippen molar-refractivity contribution < 1.29 is 0 Å². The number of hydrogen-bond acceptors (Lipinski definition) is 3. The number of thiophene rings is 1. The first kappa shape index (κ1) is 16.2. The van der Waals surface area contributed by atoms with Crippen LogP contribution in [0, 0.1) is 0 Å². The zero-order valence-corrected chi connectivity index (χ0v) is 15.7. The number of likely N-dealkylation sites (N-methyl/N-ethyl adjacent to an activating group) is 1. The van der Waals surface area contributed by atoms with Crippen molar-refractivity contribution in [2.45, 2.75) is 39.3 Å². The molecular weight excluding hydrogens is 402 g/mol. The normalized spacial score (nSPS) is 12.8. The van der Waals surface area contributed by atoms with Crippen LogP contribution in [0.1, 0.15) is 37.0 Å². The Hall–Kier alpha value is -0.170. The van der Waals surface area contributed by atoms with Crippen LogP contribution in [0.3, 0.4) is 0 Å². The molecule has 2 heterocycles. The Morgan fingerprint density at radius 1 is 1.40 bits per heavy atom. The fourth-order valence-electron chi connectivity index (χ4n) is 2.21. The molecule has 1 unspecified atom stereocenters. The summed E-state index contributed by atoms with van der Waals surface area (Å²) in [6, 6.07) is 2.50. The van der Waals surface area contributed by atoms with Crippen LogP contribution in [-0.4, -0.2) is 16.1 Å². The molecule has 0 saturated heterocycles. The third-order valence-corrected chi connectivity index (χ3v) is 6.48. The second-order valence-corrected chi connectivity index (χ2v) is 7.88. The number of imidazole rings is 1. The fraction of sp³-hybridized carbons (Fsp3) is 0.500. The van der Waals surface area contributed by atoms with Gasteiger partial charge in [-0.1, -0.05) is 13.8 Å². The highest BCUT2D eigenvalue weighted by atomic mass is 79.9.